The van der Waals surface area contributed by atoms with Crippen LogP contribution in [0.2, 0.25) is 0 Å². The lowest BCUT2D eigenvalue weighted by molar-refractivity contribution is -0.134. The van der Waals surface area contributed by atoms with Gasteiger partial charge in [-0.3, -0.25) is 14.9 Å². The second-order valence-electron chi connectivity index (χ2n) is 3.49. The predicted octanol–water partition coefficient (Wildman–Crippen LogP) is 3.08. The third-order valence-electron chi connectivity index (χ3n) is 2.30. The minimum Gasteiger partial charge on any atom is -0.374 e. The molecular formula is C16H28N2O2. The number of nitrogens with one attached hydrogen (secondary N) is 2. The van der Waals surface area contributed by atoms with Crippen LogP contribution in [0.3, 0.4) is 0 Å². The summed E-state index contributed by atoms with van der Waals surface area (Å²) in [6.07, 6.45) is 8.06. The van der Waals surface area contributed by atoms with Crippen LogP contribution in [0.4, 0.5) is 0 Å². The topological polar surface area (TPSA) is 58.2 Å². The third-order valence-corrected chi connectivity index (χ3v) is 2.30. The van der Waals surface area contributed by atoms with Gasteiger partial charge in [-0.15, -0.1) is 0 Å². The Hall–Kier alpha value is -1.84. The number of imide groups is 1. The first kappa shape index (κ1) is 20.5. The van der Waals surface area contributed by atoms with Crippen LogP contribution in [0.1, 0.15) is 47.5 Å². The van der Waals surface area contributed by atoms with Crippen LogP contribution in [0.5, 0.6) is 0 Å². The molecule has 114 valence electrons. The van der Waals surface area contributed by atoms with Crippen molar-refractivity contribution in [3.8, 4) is 0 Å². The third kappa shape index (κ3) is 8.29. The number of carbonyl (C=O) groups excluding carboxylic acids is 2. The summed E-state index contributed by atoms with van der Waals surface area (Å²) in [5.74, 6) is -0.464. The first-order chi connectivity index (χ1) is 9.67. The molecule has 1 atom stereocenters. The lowest BCUT2D eigenvalue weighted by atomic mass is 10.1. The second-order valence-corrected chi connectivity index (χ2v) is 3.49. The van der Waals surface area contributed by atoms with E-state index < -0.39 is 0 Å². The zero-order valence-electron chi connectivity index (χ0n) is 13.3. The maximum atomic E-state index is 11.5. The summed E-state index contributed by atoms with van der Waals surface area (Å²) in [7, 11) is 0. The van der Waals surface area contributed by atoms with Crippen LogP contribution in [-0.2, 0) is 9.59 Å². The van der Waals surface area contributed by atoms with E-state index in [-0.39, 0.29) is 17.9 Å². The van der Waals surface area contributed by atoms with Crippen LogP contribution in [0.25, 0.3) is 0 Å². The number of allylic oxidation sites excluding steroid dienone is 4. The molecular weight excluding hydrogens is 252 g/mol. The molecule has 1 heterocycles. The van der Waals surface area contributed by atoms with Crippen LogP contribution in [-0.4, -0.2) is 17.9 Å². The van der Waals surface area contributed by atoms with E-state index in [1.807, 2.05) is 46.8 Å². The Morgan fingerprint density at radius 3 is 2.35 bits per heavy atom. The molecule has 4 heteroatoms. The maximum absolute atomic E-state index is 11.5. The summed E-state index contributed by atoms with van der Waals surface area (Å²) < 4.78 is 0. The van der Waals surface area contributed by atoms with Crippen molar-refractivity contribution in [2.75, 3.05) is 0 Å². The Morgan fingerprint density at radius 2 is 1.90 bits per heavy atom. The maximum Gasteiger partial charge on any atom is 0.249 e. The van der Waals surface area contributed by atoms with E-state index in [1.54, 1.807) is 12.2 Å². The molecule has 0 aromatic heterocycles. The highest BCUT2D eigenvalue weighted by Crippen LogP contribution is 2.07. The number of piperidine rings is 1. The summed E-state index contributed by atoms with van der Waals surface area (Å²) in [4.78, 5) is 22.4. The highest BCUT2D eigenvalue weighted by molar-refractivity contribution is 6.00. The molecule has 4 nitrogen and oxygen atoms in total. The lowest BCUT2D eigenvalue weighted by Gasteiger charge is -2.23. The summed E-state index contributed by atoms with van der Waals surface area (Å²) in [6, 6.07) is -0.335. The fourth-order valence-corrected chi connectivity index (χ4v) is 1.43. The highest BCUT2D eigenvalue weighted by Gasteiger charge is 2.26. The van der Waals surface area contributed by atoms with Gasteiger partial charge in [-0.25, -0.2) is 0 Å². The predicted molar refractivity (Wildman–Crippen MR) is 85.1 cm³/mol. The van der Waals surface area contributed by atoms with Gasteiger partial charge in [0, 0.05) is 12.1 Å². The standard InChI is InChI=1S/C12H16N2O2.2C2H6/c1-3-5-6-9(4-2)13-10-7-8-11(15)14-12(10)16;2*1-2/h3-6,10,13H,1,7-8H2,2H3,(H,14,15,16);2*1-2H3/b6-5-,9-4+;;. The molecule has 1 unspecified atom stereocenters. The van der Waals surface area contributed by atoms with Crippen molar-refractivity contribution in [3.05, 3.63) is 36.6 Å². The SMILES string of the molecule is C=C/C=C\C(=C/C)NC1CCC(=O)NC1=O.CC.CC. The minimum absolute atomic E-state index is 0.202. The molecule has 0 saturated carbocycles. The van der Waals surface area contributed by atoms with E-state index in [9.17, 15) is 9.59 Å². The van der Waals surface area contributed by atoms with E-state index >= 15 is 0 Å². The zero-order valence-corrected chi connectivity index (χ0v) is 13.3. The number of hydrogen-bond donors (Lipinski definition) is 2. The van der Waals surface area contributed by atoms with Crippen LogP contribution in [0, 0.1) is 0 Å². The van der Waals surface area contributed by atoms with Gasteiger partial charge in [0.1, 0.15) is 6.04 Å². The molecule has 0 radical (unpaired) electrons. The van der Waals surface area contributed by atoms with Gasteiger partial charge in [-0.1, -0.05) is 52.5 Å². The Labute approximate surface area is 123 Å². The summed E-state index contributed by atoms with van der Waals surface area (Å²) >= 11 is 0. The summed E-state index contributed by atoms with van der Waals surface area (Å²) in [6.45, 7) is 13.4. The van der Waals surface area contributed by atoms with Crippen LogP contribution in [0.15, 0.2) is 36.6 Å². The largest absolute Gasteiger partial charge is 0.374 e. The quantitative estimate of drug-likeness (QED) is 0.614. The van der Waals surface area contributed by atoms with Crippen molar-refractivity contribution < 1.29 is 9.59 Å². The second kappa shape index (κ2) is 13.6. The van der Waals surface area contributed by atoms with Gasteiger partial charge in [0.25, 0.3) is 0 Å². The first-order valence-corrected chi connectivity index (χ1v) is 7.23. The molecule has 1 aliphatic heterocycles. The Morgan fingerprint density at radius 1 is 1.30 bits per heavy atom. The molecule has 20 heavy (non-hydrogen) atoms. The van der Waals surface area contributed by atoms with E-state index in [0.29, 0.717) is 12.8 Å². The molecule has 2 N–H and O–H groups in total. The van der Waals surface area contributed by atoms with Crippen LogP contribution >= 0.6 is 0 Å². The van der Waals surface area contributed by atoms with Crippen LogP contribution < -0.4 is 10.6 Å². The molecule has 1 saturated heterocycles. The Kier molecular flexibility index (Phi) is 13.9. The summed E-state index contributed by atoms with van der Waals surface area (Å²) in [5.41, 5.74) is 0.842. The van der Waals surface area contributed by atoms with Crippen molar-refractivity contribution in [2.24, 2.45) is 0 Å². The molecule has 2 amide bonds. The normalized spacial score (nSPS) is 18.2. The van der Waals surface area contributed by atoms with Gasteiger partial charge in [0.2, 0.25) is 11.8 Å². The van der Waals surface area contributed by atoms with E-state index in [0.717, 1.165) is 5.70 Å². The molecule has 0 spiro atoms. The van der Waals surface area contributed by atoms with Gasteiger partial charge >= 0.3 is 0 Å². The molecule has 0 aromatic rings. The van der Waals surface area contributed by atoms with Crippen molar-refractivity contribution in [1.29, 1.82) is 0 Å². The highest BCUT2D eigenvalue weighted by atomic mass is 16.2. The van der Waals surface area contributed by atoms with Gasteiger partial charge in [-0.2, -0.15) is 0 Å². The number of amides is 2. The van der Waals surface area contributed by atoms with E-state index in [2.05, 4.69) is 17.2 Å². The van der Waals surface area contributed by atoms with Crippen molar-refractivity contribution in [2.45, 2.75) is 53.5 Å². The fraction of sp³-hybridized carbons (Fsp3) is 0.500. The molecule has 1 aliphatic rings. The molecule has 0 aromatic carbocycles. The van der Waals surface area contributed by atoms with Crippen molar-refractivity contribution in [1.82, 2.24) is 10.6 Å². The van der Waals surface area contributed by atoms with Gasteiger partial charge in [0.15, 0.2) is 0 Å². The molecule has 0 aliphatic carbocycles. The monoisotopic (exact) mass is 280 g/mol. The van der Waals surface area contributed by atoms with Gasteiger partial charge in [0.05, 0.1) is 0 Å². The van der Waals surface area contributed by atoms with Gasteiger partial charge < -0.3 is 5.32 Å². The Balaban J connectivity index is 0. The van der Waals surface area contributed by atoms with Gasteiger partial charge in [-0.05, 0) is 19.4 Å². The first-order valence-electron chi connectivity index (χ1n) is 7.23. The molecule has 0 bridgehead atoms. The smallest absolute Gasteiger partial charge is 0.249 e. The average Bonchev–Trinajstić information content (AvgIpc) is 2.49. The zero-order chi connectivity index (χ0) is 16.0. The Bertz CT molecular complexity index is 357. The average molecular weight is 280 g/mol. The van der Waals surface area contributed by atoms with E-state index in [1.165, 1.54) is 0 Å². The molecule has 1 fully saturated rings. The van der Waals surface area contributed by atoms with E-state index in [4.69, 9.17) is 0 Å². The fourth-order valence-electron chi connectivity index (χ4n) is 1.43. The summed E-state index contributed by atoms with van der Waals surface area (Å²) in [5, 5.41) is 5.38. The minimum atomic E-state index is -0.335. The lowest BCUT2D eigenvalue weighted by Crippen LogP contribution is -2.50. The number of hydrogen-bond acceptors (Lipinski definition) is 3. The number of rotatable bonds is 4. The number of carbonyl (C=O) groups is 2. The van der Waals surface area contributed by atoms with Crippen molar-refractivity contribution in [3.63, 3.8) is 0 Å². The molecule has 1 rings (SSSR count). The van der Waals surface area contributed by atoms with Crippen molar-refractivity contribution >= 4 is 11.8 Å².